The van der Waals surface area contributed by atoms with E-state index in [9.17, 15) is 4.39 Å². The van der Waals surface area contributed by atoms with E-state index >= 15 is 0 Å². The van der Waals surface area contributed by atoms with Gasteiger partial charge in [0.05, 0.1) is 4.47 Å². The van der Waals surface area contributed by atoms with Crippen molar-refractivity contribution in [2.75, 3.05) is 0 Å². The summed E-state index contributed by atoms with van der Waals surface area (Å²) in [5.41, 5.74) is 1.03. The molecule has 0 aromatic heterocycles. The number of rotatable bonds is 3. The van der Waals surface area contributed by atoms with Crippen molar-refractivity contribution in [3.05, 3.63) is 34.1 Å². The predicted molar refractivity (Wildman–Crippen MR) is 77.0 cm³/mol. The molecule has 2 rings (SSSR count). The van der Waals surface area contributed by atoms with Crippen LogP contribution in [0, 0.1) is 5.82 Å². The van der Waals surface area contributed by atoms with Crippen LogP contribution < -0.4 is 5.32 Å². The Morgan fingerprint density at radius 3 is 2.44 bits per heavy atom. The van der Waals surface area contributed by atoms with E-state index in [-0.39, 0.29) is 5.82 Å². The van der Waals surface area contributed by atoms with E-state index in [1.165, 1.54) is 44.9 Å². The first-order valence-electron chi connectivity index (χ1n) is 6.93. The molecule has 1 fully saturated rings. The first kappa shape index (κ1) is 14.0. The lowest BCUT2D eigenvalue weighted by Crippen LogP contribution is -2.29. The van der Waals surface area contributed by atoms with Crippen molar-refractivity contribution in [3.63, 3.8) is 0 Å². The van der Waals surface area contributed by atoms with Crippen molar-refractivity contribution in [1.29, 1.82) is 0 Å². The second kappa shape index (κ2) is 7.25. The van der Waals surface area contributed by atoms with Gasteiger partial charge in [-0.15, -0.1) is 0 Å². The molecule has 0 atom stereocenters. The summed E-state index contributed by atoms with van der Waals surface area (Å²) in [6, 6.07) is 5.98. The van der Waals surface area contributed by atoms with Crippen LogP contribution in [0.15, 0.2) is 22.7 Å². The molecule has 1 N–H and O–H groups in total. The summed E-state index contributed by atoms with van der Waals surface area (Å²) in [7, 11) is 0. The van der Waals surface area contributed by atoms with Crippen LogP contribution in [0.4, 0.5) is 4.39 Å². The molecule has 100 valence electrons. The lowest BCUT2D eigenvalue weighted by atomic mass is 9.96. The fourth-order valence-electron chi connectivity index (χ4n) is 2.57. The molecule has 1 nitrogen and oxygen atoms in total. The minimum Gasteiger partial charge on any atom is -0.310 e. The first-order valence-corrected chi connectivity index (χ1v) is 7.72. The minimum absolute atomic E-state index is 0.174. The zero-order valence-corrected chi connectivity index (χ0v) is 12.3. The lowest BCUT2D eigenvalue weighted by molar-refractivity contribution is 0.388. The van der Waals surface area contributed by atoms with Crippen LogP contribution in [-0.2, 0) is 6.54 Å². The molecule has 1 aromatic carbocycles. The normalized spacial score (nSPS) is 18.3. The van der Waals surface area contributed by atoms with E-state index in [0.29, 0.717) is 10.5 Å². The third kappa shape index (κ3) is 4.36. The van der Waals surface area contributed by atoms with Crippen LogP contribution in [0.1, 0.15) is 50.5 Å². The van der Waals surface area contributed by atoms with Crippen LogP contribution in [-0.4, -0.2) is 6.04 Å². The van der Waals surface area contributed by atoms with Crippen LogP contribution in [0.5, 0.6) is 0 Å². The van der Waals surface area contributed by atoms with Crippen LogP contribution in [0.2, 0.25) is 0 Å². The van der Waals surface area contributed by atoms with Crippen LogP contribution in [0.3, 0.4) is 0 Å². The molecule has 0 bridgehead atoms. The number of hydrogen-bond donors (Lipinski definition) is 1. The Balaban J connectivity index is 1.83. The second-order valence-corrected chi connectivity index (χ2v) is 6.03. The summed E-state index contributed by atoms with van der Waals surface area (Å²) in [5, 5.41) is 3.57. The molecule has 0 heterocycles. The summed E-state index contributed by atoms with van der Waals surface area (Å²) in [6.07, 6.45) is 9.30. The van der Waals surface area contributed by atoms with Crippen molar-refractivity contribution in [1.82, 2.24) is 5.32 Å². The highest BCUT2D eigenvalue weighted by atomic mass is 79.9. The minimum atomic E-state index is -0.174. The van der Waals surface area contributed by atoms with Gasteiger partial charge in [0, 0.05) is 12.6 Å². The molecule has 0 aliphatic heterocycles. The Bertz CT molecular complexity index is 373. The maximum Gasteiger partial charge on any atom is 0.137 e. The number of halogens is 2. The highest BCUT2D eigenvalue weighted by Gasteiger charge is 2.10. The highest BCUT2D eigenvalue weighted by molar-refractivity contribution is 9.10. The van der Waals surface area contributed by atoms with Gasteiger partial charge in [-0.25, -0.2) is 4.39 Å². The van der Waals surface area contributed by atoms with E-state index in [0.717, 1.165) is 12.1 Å². The Hall–Kier alpha value is -0.410. The summed E-state index contributed by atoms with van der Waals surface area (Å²) < 4.78 is 13.9. The summed E-state index contributed by atoms with van der Waals surface area (Å²) >= 11 is 3.18. The Labute approximate surface area is 117 Å². The third-order valence-electron chi connectivity index (χ3n) is 3.68. The zero-order valence-electron chi connectivity index (χ0n) is 10.7. The average Bonchev–Trinajstić information content (AvgIpc) is 2.32. The largest absolute Gasteiger partial charge is 0.310 e. The maximum atomic E-state index is 13.4. The van der Waals surface area contributed by atoms with Gasteiger partial charge in [-0.1, -0.05) is 38.2 Å². The third-order valence-corrected chi connectivity index (χ3v) is 4.33. The molecule has 0 saturated heterocycles. The van der Waals surface area contributed by atoms with Crippen molar-refractivity contribution < 1.29 is 4.39 Å². The van der Waals surface area contributed by atoms with Crippen LogP contribution in [0.25, 0.3) is 0 Å². The molecule has 1 saturated carbocycles. The van der Waals surface area contributed by atoms with Gasteiger partial charge in [-0.2, -0.15) is 0 Å². The molecule has 1 aliphatic rings. The first-order chi connectivity index (χ1) is 8.75. The van der Waals surface area contributed by atoms with Crippen molar-refractivity contribution >= 4 is 15.9 Å². The van der Waals surface area contributed by atoms with Gasteiger partial charge in [0.1, 0.15) is 5.82 Å². The van der Waals surface area contributed by atoms with E-state index in [1.54, 1.807) is 12.1 Å². The average molecular weight is 314 g/mol. The fourth-order valence-corrected chi connectivity index (χ4v) is 2.82. The number of benzene rings is 1. The topological polar surface area (TPSA) is 12.0 Å². The molecule has 3 heteroatoms. The van der Waals surface area contributed by atoms with E-state index in [2.05, 4.69) is 21.2 Å². The van der Waals surface area contributed by atoms with Gasteiger partial charge < -0.3 is 5.32 Å². The molecule has 0 amide bonds. The zero-order chi connectivity index (χ0) is 12.8. The quantitative estimate of drug-likeness (QED) is 0.846. The molecule has 0 radical (unpaired) electrons. The predicted octanol–water partition coefficient (Wildman–Crippen LogP) is 4.79. The number of hydrogen-bond acceptors (Lipinski definition) is 1. The van der Waals surface area contributed by atoms with Gasteiger partial charge >= 0.3 is 0 Å². The van der Waals surface area contributed by atoms with Crippen molar-refractivity contribution in [2.45, 2.75) is 57.5 Å². The van der Waals surface area contributed by atoms with E-state index < -0.39 is 0 Å². The van der Waals surface area contributed by atoms with Gasteiger partial charge in [0.2, 0.25) is 0 Å². The Kier molecular flexibility index (Phi) is 5.64. The van der Waals surface area contributed by atoms with Crippen molar-refractivity contribution in [2.24, 2.45) is 0 Å². The SMILES string of the molecule is Fc1cc(CNC2CCCCCCC2)ccc1Br. The molecule has 0 unspecified atom stereocenters. The standard InChI is InChI=1S/C15H21BrFN/c16-14-9-8-12(10-15(14)17)11-18-13-6-4-2-1-3-5-7-13/h8-10,13,18H,1-7,11H2. The molecule has 1 aromatic rings. The molecular formula is C15H21BrFN. The summed E-state index contributed by atoms with van der Waals surface area (Å²) in [4.78, 5) is 0. The molecular weight excluding hydrogens is 293 g/mol. The van der Waals surface area contributed by atoms with E-state index in [4.69, 9.17) is 0 Å². The van der Waals surface area contributed by atoms with Gasteiger partial charge in [0.25, 0.3) is 0 Å². The van der Waals surface area contributed by atoms with Gasteiger partial charge in [-0.05, 0) is 46.5 Å². The lowest BCUT2D eigenvalue weighted by Gasteiger charge is -2.21. The Morgan fingerprint density at radius 1 is 1.11 bits per heavy atom. The summed E-state index contributed by atoms with van der Waals surface area (Å²) in [5.74, 6) is -0.174. The fraction of sp³-hybridized carbons (Fsp3) is 0.600. The molecule has 0 spiro atoms. The van der Waals surface area contributed by atoms with Crippen LogP contribution >= 0.6 is 15.9 Å². The monoisotopic (exact) mass is 313 g/mol. The second-order valence-electron chi connectivity index (χ2n) is 5.17. The number of nitrogens with one attached hydrogen (secondary N) is 1. The van der Waals surface area contributed by atoms with Gasteiger partial charge in [0.15, 0.2) is 0 Å². The van der Waals surface area contributed by atoms with Gasteiger partial charge in [-0.3, -0.25) is 0 Å². The molecule has 18 heavy (non-hydrogen) atoms. The smallest absolute Gasteiger partial charge is 0.137 e. The summed E-state index contributed by atoms with van der Waals surface area (Å²) in [6.45, 7) is 0.773. The molecule has 1 aliphatic carbocycles. The maximum absolute atomic E-state index is 13.4. The Morgan fingerprint density at radius 2 is 1.78 bits per heavy atom. The van der Waals surface area contributed by atoms with Crippen molar-refractivity contribution in [3.8, 4) is 0 Å². The highest BCUT2D eigenvalue weighted by Crippen LogP contribution is 2.19. The van der Waals surface area contributed by atoms with E-state index in [1.807, 2.05) is 6.07 Å².